The van der Waals surface area contributed by atoms with Crippen LogP contribution in [0.15, 0.2) is 48.8 Å². The highest BCUT2D eigenvalue weighted by atomic mass is 16.2. The number of nitrogens with one attached hydrogen (secondary N) is 2. The van der Waals surface area contributed by atoms with Crippen molar-refractivity contribution in [2.75, 3.05) is 0 Å². The molecule has 2 atom stereocenters. The molecule has 0 saturated heterocycles. The Bertz CT molecular complexity index is 616. The van der Waals surface area contributed by atoms with E-state index >= 15 is 0 Å². The first-order valence-corrected chi connectivity index (χ1v) is 9.12. The minimum Gasteiger partial charge on any atom is -0.352 e. The van der Waals surface area contributed by atoms with Gasteiger partial charge in [0.1, 0.15) is 5.82 Å². The molecule has 1 amide bonds. The molecule has 0 spiro atoms. The molecule has 1 fully saturated rings. The van der Waals surface area contributed by atoms with Gasteiger partial charge in [-0.05, 0) is 31.4 Å². The first-order chi connectivity index (χ1) is 12.2. The molecule has 132 valence electrons. The van der Waals surface area contributed by atoms with Crippen LogP contribution in [0, 0.1) is 0 Å². The predicted molar refractivity (Wildman–Crippen MR) is 97.9 cm³/mol. The summed E-state index contributed by atoms with van der Waals surface area (Å²) in [5, 5.41) is 6.59. The third kappa shape index (κ3) is 4.86. The Kier molecular flexibility index (Phi) is 6.12. The zero-order valence-corrected chi connectivity index (χ0v) is 14.7. The molecule has 0 radical (unpaired) electrons. The van der Waals surface area contributed by atoms with Crippen molar-refractivity contribution >= 4 is 5.91 Å². The second-order valence-corrected chi connectivity index (χ2v) is 6.68. The summed E-state index contributed by atoms with van der Waals surface area (Å²) in [7, 11) is 0. The van der Waals surface area contributed by atoms with Gasteiger partial charge in [-0.3, -0.25) is 10.1 Å². The largest absolute Gasteiger partial charge is 0.352 e. The quantitative estimate of drug-likeness (QED) is 0.850. The summed E-state index contributed by atoms with van der Waals surface area (Å²) in [5.74, 6) is 0.717. The van der Waals surface area contributed by atoms with Gasteiger partial charge in [-0.15, -0.1) is 0 Å². The third-order valence-electron chi connectivity index (χ3n) is 4.74. The minimum absolute atomic E-state index is 0.0452. The van der Waals surface area contributed by atoms with E-state index in [9.17, 15) is 4.79 Å². The molecule has 0 unspecified atom stereocenters. The van der Waals surface area contributed by atoms with Gasteiger partial charge in [0.05, 0.1) is 12.1 Å². The molecule has 5 nitrogen and oxygen atoms in total. The Morgan fingerprint density at radius 3 is 2.40 bits per heavy atom. The van der Waals surface area contributed by atoms with E-state index in [1.54, 1.807) is 18.5 Å². The van der Waals surface area contributed by atoms with Gasteiger partial charge in [-0.25, -0.2) is 9.97 Å². The van der Waals surface area contributed by atoms with Crippen molar-refractivity contribution < 1.29 is 4.79 Å². The molecule has 1 aliphatic rings. The average Bonchev–Trinajstić information content (AvgIpc) is 2.68. The van der Waals surface area contributed by atoms with Crippen LogP contribution in [0.25, 0.3) is 0 Å². The van der Waals surface area contributed by atoms with Crippen molar-refractivity contribution in [2.24, 2.45) is 0 Å². The second-order valence-electron chi connectivity index (χ2n) is 6.68. The van der Waals surface area contributed by atoms with Gasteiger partial charge >= 0.3 is 0 Å². The second kappa shape index (κ2) is 8.72. The number of carbonyl (C=O) groups excluding carboxylic acids is 1. The van der Waals surface area contributed by atoms with E-state index in [0.717, 1.165) is 18.4 Å². The molecule has 0 bridgehead atoms. The van der Waals surface area contributed by atoms with Gasteiger partial charge in [-0.1, -0.05) is 49.6 Å². The topological polar surface area (TPSA) is 66.9 Å². The van der Waals surface area contributed by atoms with Gasteiger partial charge in [0, 0.05) is 18.4 Å². The molecular weight excluding hydrogens is 312 g/mol. The van der Waals surface area contributed by atoms with E-state index in [-0.39, 0.29) is 18.0 Å². The van der Waals surface area contributed by atoms with Crippen molar-refractivity contribution in [2.45, 2.75) is 57.2 Å². The summed E-state index contributed by atoms with van der Waals surface area (Å²) >= 11 is 0. The SMILES string of the molecule is C[C@H](N[C@H](c1ccccc1)c1ncccn1)C(=O)NC1CCCCC1. The first kappa shape index (κ1) is 17.5. The Labute approximate surface area is 149 Å². The van der Waals surface area contributed by atoms with Crippen LogP contribution in [-0.2, 0) is 4.79 Å². The fourth-order valence-electron chi connectivity index (χ4n) is 3.32. The molecule has 1 aromatic carbocycles. The van der Waals surface area contributed by atoms with Gasteiger partial charge in [-0.2, -0.15) is 0 Å². The lowest BCUT2D eigenvalue weighted by atomic mass is 9.95. The van der Waals surface area contributed by atoms with Crippen LogP contribution >= 0.6 is 0 Å². The highest BCUT2D eigenvalue weighted by Crippen LogP contribution is 2.20. The highest BCUT2D eigenvalue weighted by molar-refractivity contribution is 5.81. The van der Waals surface area contributed by atoms with Crippen molar-refractivity contribution in [3.8, 4) is 0 Å². The van der Waals surface area contributed by atoms with E-state index in [4.69, 9.17) is 0 Å². The molecule has 3 rings (SSSR count). The van der Waals surface area contributed by atoms with Gasteiger partial charge in [0.15, 0.2) is 0 Å². The number of hydrogen-bond donors (Lipinski definition) is 2. The maximum atomic E-state index is 12.6. The number of carbonyl (C=O) groups is 1. The van der Waals surface area contributed by atoms with Crippen LogP contribution in [-0.4, -0.2) is 28.0 Å². The summed E-state index contributed by atoms with van der Waals surface area (Å²) in [4.78, 5) is 21.4. The Hall–Kier alpha value is -2.27. The summed E-state index contributed by atoms with van der Waals surface area (Å²) in [5.41, 5.74) is 1.05. The monoisotopic (exact) mass is 338 g/mol. The van der Waals surface area contributed by atoms with Crippen LogP contribution in [0.4, 0.5) is 0 Å². The number of benzene rings is 1. The molecule has 1 heterocycles. The molecule has 2 N–H and O–H groups in total. The molecule has 5 heteroatoms. The first-order valence-electron chi connectivity index (χ1n) is 9.12. The van der Waals surface area contributed by atoms with Crippen molar-refractivity contribution in [3.05, 3.63) is 60.2 Å². The standard InChI is InChI=1S/C20H26N4O/c1-15(20(25)24-17-11-6-3-7-12-17)23-18(16-9-4-2-5-10-16)19-21-13-8-14-22-19/h2,4-5,8-10,13-15,17-18,23H,3,6-7,11-12H2,1H3,(H,24,25)/t15-,18+/m0/s1. The van der Waals surface area contributed by atoms with Crippen molar-refractivity contribution in [1.82, 2.24) is 20.6 Å². The fourth-order valence-corrected chi connectivity index (χ4v) is 3.32. The lowest BCUT2D eigenvalue weighted by molar-refractivity contribution is -0.123. The van der Waals surface area contributed by atoms with Crippen LogP contribution < -0.4 is 10.6 Å². The van der Waals surface area contributed by atoms with Gasteiger partial charge < -0.3 is 5.32 Å². The van der Waals surface area contributed by atoms with Crippen LogP contribution in [0.3, 0.4) is 0 Å². The van der Waals surface area contributed by atoms with Crippen molar-refractivity contribution in [1.29, 1.82) is 0 Å². The smallest absolute Gasteiger partial charge is 0.237 e. The summed E-state index contributed by atoms with van der Waals surface area (Å²) in [6, 6.07) is 11.6. The maximum Gasteiger partial charge on any atom is 0.237 e. The van der Waals surface area contributed by atoms with Gasteiger partial charge in [0.25, 0.3) is 0 Å². The number of amides is 1. The molecule has 1 aliphatic carbocycles. The highest BCUT2D eigenvalue weighted by Gasteiger charge is 2.24. The van der Waals surface area contributed by atoms with Gasteiger partial charge in [0.2, 0.25) is 5.91 Å². The Morgan fingerprint density at radius 2 is 1.72 bits per heavy atom. The number of aromatic nitrogens is 2. The molecule has 2 aromatic rings. The molecule has 0 aliphatic heterocycles. The zero-order valence-electron chi connectivity index (χ0n) is 14.7. The predicted octanol–water partition coefficient (Wildman–Crippen LogP) is 2.99. The van der Waals surface area contributed by atoms with Crippen LogP contribution in [0.2, 0.25) is 0 Å². The number of nitrogens with zero attached hydrogens (tertiary/aromatic N) is 2. The fraction of sp³-hybridized carbons (Fsp3) is 0.450. The molecular formula is C20H26N4O. The molecule has 1 saturated carbocycles. The van der Waals surface area contributed by atoms with E-state index < -0.39 is 0 Å². The van der Waals surface area contributed by atoms with E-state index in [1.165, 1.54) is 19.3 Å². The normalized spacial score (nSPS) is 17.6. The number of hydrogen-bond acceptors (Lipinski definition) is 4. The third-order valence-corrected chi connectivity index (χ3v) is 4.74. The molecule has 25 heavy (non-hydrogen) atoms. The summed E-state index contributed by atoms with van der Waals surface area (Å²) < 4.78 is 0. The van der Waals surface area contributed by atoms with Crippen LogP contribution in [0.5, 0.6) is 0 Å². The lowest BCUT2D eigenvalue weighted by Crippen LogP contribution is -2.48. The van der Waals surface area contributed by atoms with Crippen molar-refractivity contribution in [3.63, 3.8) is 0 Å². The lowest BCUT2D eigenvalue weighted by Gasteiger charge is -2.26. The summed E-state index contributed by atoms with van der Waals surface area (Å²) in [6.45, 7) is 1.90. The van der Waals surface area contributed by atoms with E-state index in [0.29, 0.717) is 11.9 Å². The number of rotatable bonds is 6. The zero-order chi connectivity index (χ0) is 17.5. The van der Waals surface area contributed by atoms with Crippen LogP contribution in [0.1, 0.15) is 56.5 Å². The minimum atomic E-state index is -0.323. The Morgan fingerprint density at radius 1 is 1.04 bits per heavy atom. The Balaban J connectivity index is 1.70. The molecule has 1 aromatic heterocycles. The maximum absolute atomic E-state index is 12.6. The summed E-state index contributed by atoms with van der Waals surface area (Å²) in [6.07, 6.45) is 9.32. The average molecular weight is 338 g/mol. The van der Waals surface area contributed by atoms with E-state index in [2.05, 4.69) is 20.6 Å². The van der Waals surface area contributed by atoms with E-state index in [1.807, 2.05) is 37.3 Å².